The number of nitrogens with zero attached hydrogens (tertiary/aromatic N) is 1. The Morgan fingerprint density at radius 1 is 1.22 bits per heavy atom. The highest BCUT2D eigenvalue weighted by molar-refractivity contribution is 6.33. The lowest BCUT2D eigenvalue weighted by molar-refractivity contribution is 0.464. The van der Waals surface area contributed by atoms with E-state index in [1.54, 1.807) is 12.1 Å². The van der Waals surface area contributed by atoms with Crippen LogP contribution in [0.15, 0.2) is 30.3 Å². The first-order valence-electron chi connectivity index (χ1n) is 5.72. The predicted octanol–water partition coefficient (Wildman–Crippen LogP) is 3.67. The van der Waals surface area contributed by atoms with Crippen molar-refractivity contribution in [3.63, 3.8) is 0 Å². The molecule has 2 N–H and O–H groups in total. The van der Waals surface area contributed by atoms with Gasteiger partial charge in [0.25, 0.3) is 0 Å². The van der Waals surface area contributed by atoms with Gasteiger partial charge in [0.15, 0.2) is 0 Å². The van der Waals surface area contributed by atoms with Crippen LogP contribution in [0.5, 0.6) is 5.75 Å². The molecule has 18 heavy (non-hydrogen) atoms. The first-order valence-corrected chi connectivity index (χ1v) is 6.09. The largest absolute Gasteiger partial charge is 0.506 e. The zero-order chi connectivity index (χ0) is 13.1. The Labute approximate surface area is 111 Å². The van der Waals surface area contributed by atoms with E-state index in [1.807, 2.05) is 32.0 Å². The molecular weight excluding hydrogens is 248 g/mol. The molecule has 0 bridgehead atoms. The molecule has 3 nitrogen and oxygen atoms in total. The molecule has 0 aliphatic carbocycles. The lowest BCUT2D eigenvalue weighted by Crippen LogP contribution is -2.03. The first-order chi connectivity index (χ1) is 8.56. The average Bonchev–Trinajstić information content (AvgIpc) is 2.32. The summed E-state index contributed by atoms with van der Waals surface area (Å²) < 4.78 is 0. The van der Waals surface area contributed by atoms with E-state index in [0.717, 1.165) is 16.9 Å². The van der Waals surface area contributed by atoms with Gasteiger partial charge in [-0.15, -0.1) is 0 Å². The number of hydrogen-bond donors (Lipinski definition) is 2. The number of nitrogens with one attached hydrogen (secondary N) is 1. The summed E-state index contributed by atoms with van der Waals surface area (Å²) in [6, 6.07) is 9.23. The summed E-state index contributed by atoms with van der Waals surface area (Å²) in [7, 11) is 0. The van der Waals surface area contributed by atoms with Crippen LogP contribution in [0, 0.1) is 13.8 Å². The first kappa shape index (κ1) is 12.7. The highest BCUT2D eigenvalue weighted by Crippen LogP contribution is 2.24. The third-order valence-corrected chi connectivity index (χ3v) is 2.97. The second kappa shape index (κ2) is 5.27. The standard InChI is InChI=1S/C14H15ClN2O/c1-9-3-5-12(11(15)7-9)16-8-13-14(18)6-4-10(2)17-13/h3-7,16,18H,8H2,1-2H3. The van der Waals surface area contributed by atoms with Crippen molar-refractivity contribution in [2.75, 3.05) is 5.32 Å². The number of pyridine rings is 1. The van der Waals surface area contributed by atoms with Crippen molar-refractivity contribution in [3.05, 3.63) is 52.3 Å². The molecule has 2 aromatic rings. The van der Waals surface area contributed by atoms with Crippen LogP contribution in [0.1, 0.15) is 17.0 Å². The zero-order valence-corrected chi connectivity index (χ0v) is 11.1. The summed E-state index contributed by atoms with van der Waals surface area (Å²) in [6.45, 7) is 4.32. The average molecular weight is 263 g/mol. The number of aromatic nitrogens is 1. The van der Waals surface area contributed by atoms with Crippen LogP contribution in [-0.4, -0.2) is 10.1 Å². The lowest BCUT2D eigenvalue weighted by Gasteiger charge is -2.10. The van der Waals surface area contributed by atoms with E-state index in [2.05, 4.69) is 10.3 Å². The monoisotopic (exact) mass is 262 g/mol. The van der Waals surface area contributed by atoms with Gasteiger partial charge in [-0.05, 0) is 43.7 Å². The molecule has 94 valence electrons. The minimum Gasteiger partial charge on any atom is -0.506 e. The number of rotatable bonds is 3. The summed E-state index contributed by atoms with van der Waals surface area (Å²) in [5.41, 5.74) is 3.44. The van der Waals surface area contributed by atoms with Crippen molar-refractivity contribution in [2.24, 2.45) is 0 Å². The fourth-order valence-electron chi connectivity index (χ4n) is 1.68. The quantitative estimate of drug-likeness (QED) is 0.887. The van der Waals surface area contributed by atoms with Gasteiger partial charge < -0.3 is 10.4 Å². The minimum atomic E-state index is 0.191. The van der Waals surface area contributed by atoms with Gasteiger partial charge in [-0.1, -0.05) is 17.7 Å². The van der Waals surface area contributed by atoms with Gasteiger partial charge in [0.2, 0.25) is 0 Å². The van der Waals surface area contributed by atoms with Crippen LogP contribution in [0.3, 0.4) is 0 Å². The normalized spacial score (nSPS) is 10.4. The molecular formula is C14H15ClN2O. The van der Waals surface area contributed by atoms with Gasteiger partial charge in [-0.2, -0.15) is 0 Å². The predicted molar refractivity (Wildman–Crippen MR) is 74.2 cm³/mol. The summed E-state index contributed by atoms with van der Waals surface area (Å²) in [5.74, 6) is 0.191. The number of anilines is 1. The Morgan fingerprint density at radius 3 is 2.72 bits per heavy atom. The molecule has 0 saturated carbocycles. The molecule has 0 aliphatic rings. The maximum Gasteiger partial charge on any atom is 0.138 e. The van der Waals surface area contributed by atoms with E-state index in [1.165, 1.54) is 0 Å². The van der Waals surface area contributed by atoms with Crippen molar-refractivity contribution in [2.45, 2.75) is 20.4 Å². The summed E-state index contributed by atoms with van der Waals surface area (Å²) in [5, 5.41) is 13.5. The van der Waals surface area contributed by atoms with E-state index in [9.17, 15) is 5.11 Å². The van der Waals surface area contributed by atoms with Gasteiger partial charge in [-0.3, -0.25) is 4.98 Å². The molecule has 1 aromatic heterocycles. The molecule has 1 aromatic carbocycles. The third-order valence-electron chi connectivity index (χ3n) is 2.66. The molecule has 2 rings (SSSR count). The Kier molecular flexibility index (Phi) is 3.72. The molecule has 0 saturated heterocycles. The molecule has 0 radical (unpaired) electrons. The van der Waals surface area contributed by atoms with Crippen LogP contribution < -0.4 is 5.32 Å². The highest BCUT2D eigenvalue weighted by Gasteiger charge is 2.05. The van der Waals surface area contributed by atoms with E-state index < -0.39 is 0 Å². The van der Waals surface area contributed by atoms with Gasteiger partial charge in [0.1, 0.15) is 11.4 Å². The molecule has 4 heteroatoms. The van der Waals surface area contributed by atoms with Gasteiger partial charge in [-0.25, -0.2) is 0 Å². The lowest BCUT2D eigenvalue weighted by atomic mass is 10.2. The van der Waals surface area contributed by atoms with Crippen LogP contribution in [0.2, 0.25) is 5.02 Å². The summed E-state index contributed by atoms with van der Waals surface area (Å²) in [4.78, 5) is 4.28. The number of aromatic hydroxyl groups is 1. The highest BCUT2D eigenvalue weighted by atomic mass is 35.5. The topological polar surface area (TPSA) is 45.2 Å². The maximum absolute atomic E-state index is 9.69. The SMILES string of the molecule is Cc1ccc(NCc2nc(C)ccc2O)c(Cl)c1. The fraction of sp³-hybridized carbons (Fsp3) is 0.214. The van der Waals surface area contributed by atoms with Gasteiger partial charge in [0.05, 0.1) is 17.3 Å². The van der Waals surface area contributed by atoms with Crippen molar-refractivity contribution < 1.29 is 5.11 Å². The summed E-state index contributed by atoms with van der Waals surface area (Å²) >= 11 is 6.12. The zero-order valence-electron chi connectivity index (χ0n) is 10.4. The summed E-state index contributed by atoms with van der Waals surface area (Å²) in [6.07, 6.45) is 0. The third kappa shape index (κ3) is 2.93. The van der Waals surface area contributed by atoms with Crippen LogP contribution in [0.4, 0.5) is 5.69 Å². The molecule has 1 heterocycles. The molecule has 0 aliphatic heterocycles. The Bertz CT molecular complexity index is 570. The van der Waals surface area contributed by atoms with Crippen molar-refractivity contribution in [1.29, 1.82) is 0 Å². The second-order valence-corrected chi connectivity index (χ2v) is 4.66. The fourth-order valence-corrected chi connectivity index (χ4v) is 1.98. The van der Waals surface area contributed by atoms with E-state index in [-0.39, 0.29) is 5.75 Å². The number of aryl methyl sites for hydroxylation is 2. The Balaban J connectivity index is 2.13. The number of benzene rings is 1. The minimum absolute atomic E-state index is 0.191. The van der Waals surface area contributed by atoms with Crippen LogP contribution >= 0.6 is 11.6 Å². The van der Waals surface area contributed by atoms with E-state index in [4.69, 9.17) is 11.6 Å². The molecule has 0 amide bonds. The van der Waals surface area contributed by atoms with Gasteiger partial charge in [0, 0.05) is 5.69 Å². The molecule has 0 fully saturated rings. The molecule has 0 atom stereocenters. The van der Waals surface area contributed by atoms with Crippen molar-refractivity contribution in [3.8, 4) is 5.75 Å². The maximum atomic E-state index is 9.69. The Hall–Kier alpha value is -1.74. The second-order valence-electron chi connectivity index (χ2n) is 4.26. The smallest absolute Gasteiger partial charge is 0.138 e. The van der Waals surface area contributed by atoms with Crippen LogP contribution in [-0.2, 0) is 6.54 Å². The van der Waals surface area contributed by atoms with Crippen LogP contribution in [0.25, 0.3) is 0 Å². The number of halogens is 1. The molecule has 0 unspecified atom stereocenters. The van der Waals surface area contributed by atoms with Crippen molar-refractivity contribution in [1.82, 2.24) is 4.98 Å². The van der Waals surface area contributed by atoms with E-state index >= 15 is 0 Å². The number of hydrogen-bond acceptors (Lipinski definition) is 3. The van der Waals surface area contributed by atoms with E-state index in [0.29, 0.717) is 17.3 Å². The molecule has 0 spiro atoms. The Morgan fingerprint density at radius 2 is 2.00 bits per heavy atom. The van der Waals surface area contributed by atoms with Gasteiger partial charge >= 0.3 is 0 Å². The van der Waals surface area contributed by atoms with Crippen molar-refractivity contribution >= 4 is 17.3 Å².